The van der Waals surface area contributed by atoms with E-state index in [0.717, 1.165) is 5.56 Å². The van der Waals surface area contributed by atoms with Crippen molar-refractivity contribution in [3.8, 4) is 0 Å². The van der Waals surface area contributed by atoms with Gasteiger partial charge in [0.15, 0.2) is 5.82 Å². The summed E-state index contributed by atoms with van der Waals surface area (Å²) < 4.78 is 18.7. The van der Waals surface area contributed by atoms with Gasteiger partial charge in [-0.2, -0.15) is 4.98 Å². The molecule has 1 aromatic heterocycles. The van der Waals surface area contributed by atoms with Crippen LogP contribution in [0.2, 0.25) is 0 Å². The summed E-state index contributed by atoms with van der Waals surface area (Å²) in [5, 5.41) is 9.58. The molecule has 6 nitrogen and oxygen atoms in total. The molecule has 1 aliphatic rings. The summed E-state index contributed by atoms with van der Waals surface area (Å²) in [4.78, 5) is 16.4. The smallest absolute Gasteiger partial charge is 0.315 e. The molecule has 0 radical (unpaired) electrons. The molecular weight excluding hydrogens is 299 g/mol. The average Bonchev–Trinajstić information content (AvgIpc) is 3.13. The van der Waals surface area contributed by atoms with Crippen LogP contribution in [-0.4, -0.2) is 16.2 Å². The molecule has 0 spiro atoms. The number of nitrogens with one attached hydrogen (secondary N) is 2. The third-order valence-electron chi connectivity index (χ3n) is 4.09. The fourth-order valence-corrected chi connectivity index (χ4v) is 2.92. The number of carbonyl (C=O) groups excluding carboxylic acids is 1. The Bertz CT molecular complexity index is 716. The van der Waals surface area contributed by atoms with Crippen LogP contribution in [-0.2, 0) is 6.42 Å². The van der Waals surface area contributed by atoms with E-state index in [0.29, 0.717) is 36.5 Å². The van der Waals surface area contributed by atoms with Crippen LogP contribution in [0.15, 0.2) is 22.7 Å². The third-order valence-corrected chi connectivity index (χ3v) is 4.09. The van der Waals surface area contributed by atoms with Crippen LogP contribution in [0.25, 0.3) is 0 Å². The van der Waals surface area contributed by atoms with Crippen LogP contribution in [0.1, 0.15) is 54.7 Å². The number of halogens is 1. The molecule has 122 valence electrons. The number of benzene rings is 1. The first-order valence-electron chi connectivity index (χ1n) is 7.73. The summed E-state index contributed by atoms with van der Waals surface area (Å²) in [6, 6.07) is 4.17. The van der Waals surface area contributed by atoms with Crippen molar-refractivity contribution in [3.05, 3.63) is 46.9 Å². The Labute approximate surface area is 133 Å². The number of nitrogens with zero attached hydrogens (tertiary/aromatic N) is 2. The Hall–Kier alpha value is -2.44. The van der Waals surface area contributed by atoms with Crippen LogP contribution in [0.3, 0.4) is 0 Å². The Morgan fingerprint density at radius 1 is 1.52 bits per heavy atom. The molecular formula is C16H19FN4O2. The van der Waals surface area contributed by atoms with Gasteiger partial charge in [0.25, 0.3) is 0 Å². The second-order valence-corrected chi connectivity index (χ2v) is 5.65. The van der Waals surface area contributed by atoms with Crippen molar-refractivity contribution in [2.24, 2.45) is 0 Å². The average molecular weight is 318 g/mol. The maximum Gasteiger partial charge on any atom is 0.315 e. The molecule has 2 atom stereocenters. The Kier molecular flexibility index (Phi) is 4.27. The number of hydrogen-bond donors (Lipinski definition) is 2. The molecule has 0 saturated heterocycles. The van der Waals surface area contributed by atoms with E-state index >= 15 is 0 Å². The zero-order valence-corrected chi connectivity index (χ0v) is 13.1. The Morgan fingerprint density at radius 2 is 2.35 bits per heavy atom. The van der Waals surface area contributed by atoms with Crippen molar-refractivity contribution in [2.45, 2.75) is 45.2 Å². The number of aromatic nitrogens is 2. The van der Waals surface area contributed by atoms with Crippen LogP contribution in [0.4, 0.5) is 9.18 Å². The Balaban J connectivity index is 1.65. The van der Waals surface area contributed by atoms with Crippen molar-refractivity contribution >= 4 is 6.03 Å². The van der Waals surface area contributed by atoms with Crippen LogP contribution < -0.4 is 10.6 Å². The summed E-state index contributed by atoms with van der Waals surface area (Å²) in [7, 11) is 0. The summed E-state index contributed by atoms with van der Waals surface area (Å²) >= 11 is 0. The lowest BCUT2D eigenvalue weighted by Crippen LogP contribution is -2.39. The predicted molar refractivity (Wildman–Crippen MR) is 81.2 cm³/mol. The molecule has 1 aromatic carbocycles. The number of carbonyl (C=O) groups is 1. The van der Waals surface area contributed by atoms with E-state index < -0.39 is 0 Å². The zero-order valence-electron chi connectivity index (χ0n) is 13.1. The van der Waals surface area contributed by atoms with Crippen molar-refractivity contribution in [1.29, 1.82) is 0 Å². The first kappa shape index (κ1) is 15.5. The molecule has 1 aliphatic carbocycles. The van der Waals surface area contributed by atoms with E-state index in [9.17, 15) is 9.18 Å². The van der Waals surface area contributed by atoms with Crippen LogP contribution >= 0.6 is 0 Å². The van der Waals surface area contributed by atoms with Gasteiger partial charge < -0.3 is 15.2 Å². The third kappa shape index (κ3) is 3.18. The second-order valence-electron chi connectivity index (χ2n) is 5.65. The van der Waals surface area contributed by atoms with E-state index in [4.69, 9.17) is 4.52 Å². The molecule has 3 rings (SSSR count). The molecule has 0 bridgehead atoms. The Morgan fingerprint density at radius 3 is 3.04 bits per heavy atom. The van der Waals surface area contributed by atoms with Crippen molar-refractivity contribution in [1.82, 2.24) is 20.8 Å². The highest BCUT2D eigenvalue weighted by Crippen LogP contribution is 2.32. The molecule has 7 heteroatoms. The predicted octanol–water partition coefficient (Wildman–Crippen LogP) is 2.95. The number of amides is 2. The van der Waals surface area contributed by atoms with E-state index in [1.165, 1.54) is 6.07 Å². The summed E-state index contributed by atoms with van der Waals surface area (Å²) in [6.07, 6.45) is 1.97. The number of rotatable bonds is 4. The van der Waals surface area contributed by atoms with Crippen molar-refractivity contribution in [3.63, 3.8) is 0 Å². The molecule has 2 aromatic rings. The SMILES string of the molecule is CC[C@H](NC(=O)N[C@H]1CCc2c(F)cccc21)c1noc(C)n1. The quantitative estimate of drug-likeness (QED) is 0.908. The summed E-state index contributed by atoms with van der Waals surface area (Å²) in [5.41, 5.74) is 1.54. The van der Waals surface area contributed by atoms with Gasteiger partial charge in [0.2, 0.25) is 5.89 Å². The van der Waals surface area contributed by atoms with Gasteiger partial charge in [0, 0.05) is 6.92 Å². The van der Waals surface area contributed by atoms with Gasteiger partial charge in [-0.3, -0.25) is 0 Å². The van der Waals surface area contributed by atoms with Crippen LogP contribution in [0.5, 0.6) is 0 Å². The number of aryl methyl sites for hydroxylation is 1. The van der Waals surface area contributed by atoms with Gasteiger partial charge >= 0.3 is 6.03 Å². The molecule has 0 saturated carbocycles. The minimum atomic E-state index is -0.319. The lowest BCUT2D eigenvalue weighted by molar-refractivity contribution is 0.232. The number of urea groups is 1. The standard InChI is InChI=1S/C16H19FN4O2/c1-3-13(15-18-9(2)23-21-15)19-16(22)20-14-8-7-10-11(14)5-4-6-12(10)17/h4-6,13-14H,3,7-8H2,1-2H3,(H2,19,20,22)/t13-,14-/m0/s1. The lowest BCUT2D eigenvalue weighted by Gasteiger charge is -2.18. The molecule has 2 N–H and O–H groups in total. The maximum absolute atomic E-state index is 13.7. The first-order chi connectivity index (χ1) is 11.1. The van der Waals surface area contributed by atoms with Gasteiger partial charge in [-0.15, -0.1) is 0 Å². The second kappa shape index (κ2) is 6.36. The van der Waals surface area contributed by atoms with E-state index in [1.54, 1.807) is 13.0 Å². The fraction of sp³-hybridized carbons (Fsp3) is 0.438. The van der Waals surface area contributed by atoms with Crippen molar-refractivity contribution in [2.75, 3.05) is 0 Å². The normalized spacial score (nSPS) is 17.6. The molecule has 0 unspecified atom stereocenters. The van der Waals surface area contributed by atoms with Gasteiger partial charge in [-0.05, 0) is 36.5 Å². The van der Waals surface area contributed by atoms with Gasteiger partial charge in [0.05, 0.1) is 12.1 Å². The molecule has 2 amide bonds. The monoisotopic (exact) mass is 318 g/mol. The summed E-state index contributed by atoms with van der Waals surface area (Å²) in [5.74, 6) is 0.708. The van der Waals surface area contributed by atoms with Gasteiger partial charge in [0.1, 0.15) is 5.82 Å². The highest BCUT2D eigenvalue weighted by molar-refractivity contribution is 5.75. The highest BCUT2D eigenvalue weighted by atomic mass is 19.1. The maximum atomic E-state index is 13.7. The van der Waals surface area contributed by atoms with Crippen molar-refractivity contribution < 1.29 is 13.7 Å². The molecule has 23 heavy (non-hydrogen) atoms. The fourth-order valence-electron chi connectivity index (χ4n) is 2.92. The van der Waals surface area contributed by atoms with E-state index in [2.05, 4.69) is 20.8 Å². The van der Waals surface area contributed by atoms with Gasteiger partial charge in [-0.25, -0.2) is 9.18 Å². The topological polar surface area (TPSA) is 80.0 Å². The largest absolute Gasteiger partial charge is 0.340 e. The molecule has 1 heterocycles. The zero-order chi connectivity index (χ0) is 16.4. The minimum absolute atomic E-state index is 0.176. The lowest BCUT2D eigenvalue weighted by atomic mass is 10.1. The summed E-state index contributed by atoms with van der Waals surface area (Å²) in [6.45, 7) is 3.63. The molecule has 0 fully saturated rings. The minimum Gasteiger partial charge on any atom is -0.340 e. The molecule has 0 aliphatic heterocycles. The van der Waals surface area contributed by atoms with Crippen LogP contribution in [0, 0.1) is 12.7 Å². The highest BCUT2D eigenvalue weighted by Gasteiger charge is 2.27. The number of hydrogen-bond acceptors (Lipinski definition) is 4. The first-order valence-corrected chi connectivity index (χ1v) is 7.73. The van der Waals surface area contributed by atoms with E-state index in [-0.39, 0.29) is 23.9 Å². The number of fused-ring (bicyclic) bond motifs is 1. The van der Waals surface area contributed by atoms with E-state index in [1.807, 2.05) is 13.0 Å². The van der Waals surface area contributed by atoms with Gasteiger partial charge in [-0.1, -0.05) is 24.2 Å².